The average Bonchev–Trinajstić information content (AvgIpc) is 3.45. The van der Waals surface area contributed by atoms with Crippen LogP contribution in [-0.2, 0) is 20.9 Å². The number of carbonyl (C=O) groups excluding carboxylic acids is 3. The van der Waals surface area contributed by atoms with Gasteiger partial charge in [-0.05, 0) is 19.4 Å². The van der Waals surface area contributed by atoms with E-state index in [9.17, 15) is 29.1 Å². The van der Waals surface area contributed by atoms with E-state index in [1.54, 1.807) is 44.2 Å². The Morgan fingerprint density at radius 2 is 1.92 bits per heavy atom. The van der Waals surface area contributed by atoms with Crippen LogP contribution in [0.4, 0.5) is 0 Å². The molecule has 2 fully saturated rings. The number of imidazole rings is 1. The predicted molar refractivity (Wildman–Crippen MR) is 138 cm³/mol. The number of carboxylic acid groups (broad SMARTS) is 1. The molecular weight excluding hydrogens is 552 g/mol. The Morgan fingerprint density at radius 1 is 1.21 bits per heavy atom. The zero-order chi connectivity index (χ0) is 28.1. The molecule has 0 aliphatic carbocycles. The largest absolute Gasteiger partial charge is 0.480 e. The molecule has 16 heteroatoms. The summed E-state index contributed by atoms with van der Waals surface area (Å²) in [5.41, 5.74) is -0.498. The van der Waals surface area contributed by atoms with Crippen molar-refractivity contribution in [3.8, 4) is 0 Å². The third-order valence-electron chi connectivity index (χ3n) is 6.57. The number of thioether (sulfide) groups is 1. The van der Waals surface area contributed by atoms with Gasteiger partial charge in [-0.15, -0.1) is 28.5 Å². The highest BCUT2D eigenvalue weighted by molar-refractivity contribution is 8.01. The number of nitrogens with zero attached hydrogens (tertiary/aromatic N) is 6. The van der Waals surface area contributed by atoms with Crippen molar-refractivity contribution in [1.82, 2.24) is 39.9 Å². The molecule has 3 aromatic rings. The average molecular weight is 575 g/mol. The fourth-order valence-electron chi connectivity index (χ4n) is 4.74. The SMILES string of the molecule is CC1(C)S[C@@H]2[C@H](NC(=O)[C@@H](NC(=O)c3ncn4c(=O)n(CCCl)nnc34)c3ccccc3)C(=O)N2[C@H]1C(=O)O. The monoisotopic (exact) mass is 574 g/mol. The highest BCUT2D eigenvalue weighted by Gasteiger charge is 2.64. The van der Waals surface area contributed by atoms with Gasteiger partial charge in [-0.25, -0.2) is 19.0 Å². The van der Waals surface area contributed by atoms with Crippen LogP contribution in [-0.4, -0.2) is 86.2 Å². The van der Waals surface area contributed by atoms with E-state index in [-0.39, 0.29) is 23.8 Å². The maximum absolute atomic E-state index is 13.5. The van der Waals surface area contributed by atoms with Gasteiger partial charge < -0.3 is 20.6 Å². The first kappa shape index (κ1) is 26.6. The zero-order valence-electron chi connectivity index (χ0n) is 20.6. The second-order valence-corrected chi connectivity index (χ2v) is 11.6. The van der Waals surface area contributed by atoms with Crippen molar-refractivity contribution in [3.05, 3.63) is 58.4 Å². The van der Waals surface area contributed by atoms with E-state index in [2.05, 4.69) is 25.9 Å². The van der Waals surface area contributed by atoms with Crippen LogP contribution in [0.15, 0.2) is 41.5 Å². The Morgan fingerprint density at radius 3 is 2.59 bits per heavy atom. The molecule has 2 aliphatic rings. The Balaban J connectivity index is 1.39. The van der Waals surface area contributed by atoms with Gasteiger partial charge in [-0.1, -0.05) is 35.5 Å². The molecule has 2 aromatic heterocycles. The first-order chi connectivity index (χ1) is 18.5. The van der Waals surface area contributed by atoms with Gasteiger partial charge in [-0.2, -0.15) is 4.68 Å². The number of fused-ring (bicyclic) bond motifs is 2. The number of amides is 3. The summed E-state index contributed by atoms with van der Waals surface area (Å²) in [5, 5.41) is 22.0. The quantitative estimate of drug-likeness (QED) is 0.237. The zero-order valence-corrected chi connectivity index (χ0v) is 22.2. The maximum atomic E-state index is 13.5. The summed E-state index contributed by atoms with van der Waals surface area (Å²) in [6, 6.07) is 5.13. The number of β-lactam (4-membered cyclic amide) rings is 1. The molecule has 1 aromatic carbocycles. The van der Waals surface area contributed by atoms with Gasteiger partial charge >= 0.3 is 11.7 Å². The molecule has 3 N–H and O–H groups in total. The highest BCUT2D eigenvalue weighted by Crippen LogP contribution is 2.50. The summed E-state index contributed by atoms with van der Waals surface area (Å²) in [6.07, 6.45) is 1.13. The molecule has 4 heterocycles. The molecule has 3 amide bonds. The summed E-state index contributed by atoms with van der Waals surface area (Å²) in [4.78, 5) is 69.2. The van der Waals surface area contributed by atoms with E-state index >= 15 is 0 Å². The molecule has 14 nitrogen and oxygen atoms in total. The third kappa shape index (κ3) is 4.50. The van der Waals surface area contributed by atoms with E-state index in [4.69, 9.17) is 11.6 Å². The molecule has 0 spiro atoms. The van der Waals surface area contributed by atoms with Crippen LogP contribution in [0.1, 0.15) is 35.9 Å². The second-order valence-electron chi connectivity index (χ2n) is 9.47. The number of aliphatic carboxylic acids is 1. The van der Waals surface area contributed by atoms with Crippen LogP contribution >= 0.6 is 23.4 Å². The van der Waals surface area contributed by atoms with Crippen molar-refractivity contribution < 1.29 is 24.3 Å². The Bertz CT molecular complexity index is 1540. The van der Waals surface area contributed by atoms with Crippen molar-refractivity contribution in [2.75, 3.05) is 5.88 Å². The number of carboxylic acids is 1. The molecule has 0 radical (unpaired) electrons. The topological polar surface area (TPSA) is 181 Å². The number of nitrogens with one attached hydrogen (secondary N) is 2. The van der Waals surface area contributed by atoms with Crippen molar-refractivity contribution in [1.29, 1.82) is 0 Å². The smallest absolute Gasteiger partial charge is 0.353 e. The number of benzene rings is 1. The third-order valence-corrected chi connectivity index (χ3v) is 8.31. The van der Waals surface area contributed by atoms with E-state index in [0.717, 1.165) is 15.4 Å². The summed E-state index contributed by atoms with van der Waals surface area (Å²) in [5.74, 6) is -2.98. The molecule has 2 saturated heterocycles. The molecule has 2 aliphatic heterocycles. The van der Waals surface area contributed by atoms with Crippen LogP contribution in [0.5, 0.6) is 0 Å². The summed E-state index contributed by atoms with van der Waals surface area (Å²) < 4.78 is 1.32. The van der Waals surface area contributed by atoms with Gasteiger partial charge in [-0.3, -0.25) is 14.4 Å². The number of hydrogen-bond donors (Lipinski definition) is 3. The fraction of sp³-hybridized carbons (Fsp3) is 0.391. The molecule has 4 atom stereocenters. The minimum absolute atomic E-state index is 0.107. The van der Waals surface area contributed by atoms with Crippen molar-refractivity contribution >= 4 is 52.7 Å². The van der Waals surface area contributed by atoms with Crippen LogP contribution in [0, 0.1) is 0 Å². The number of rotatable bonds is 8. The normalized spacial score (nSPS) is 22.2. The van der Waals surface area contributed by atoms with Crippen LogP contribution < -0.4 is 16.3 Å². The summed E-state index contributed by atoms with van der Waals surface area (Å²) in [6.45, 7) is 3.58. The van der Waals surface area contributed by atoms with Crippen molar-refractivity contribution in [3.63, 3.8) is 0 Å². The van der Waals surface area contributed by atoms with Gasteiger partial charge in [0.2, 0.25) is 11.8 Å². The summed E-state index contributed by atoms with van der Waals surface area (Å²) in [7, 11) is 0. The number of aromatic nitrogens is 5. The lowest BCUT2D eigenvalue weighted by atomic mass is 9.95. The Kier molecular flexibility index (Phi) is 6.80. The lowest BCUT2D eigenvalue weighted by Crippen LogP contribution is -2.71. The highest BCUT2D eigenvalue weighted by atomic mass is 35.5. The number of carbonyl (C=O) groups is 4. The van der Waals surface area contributed by atoms with E-state index in [1.165, 1.54) is 16.7 Å². The van der Waals surface area contributed by atoms with Gasteiger partial charge in [0, 0.05) is 10.6 Å². The first-order valence-corrected chi connectivity index (χ1v) is 13.2. The predicted octanol–water partition coefficient (Wildman–Crippen LogP) is -0.372. The van der Waals surface area contributed by atoms with Crippen LogP contribution in [0.25, 0.3) is 5.65 Å². The van der Waals surface area contributed by atoms with Gasteiger partial charge in [0.05, 0.1) is 6.54 Å². The molecule has 0 unspecified atom stereocenters. The standard InChI is InChI=1S/C23H23ClN8O6S/c1-23(2)15(21(36)37)32-19(35)14(20(32)39-23)27-17(33)12(11-6-4-3-5-7-11)26-18(34)13-16-28-29-31(9-8-24)22(38)30(16)10-25-13/h3-7,10,12,14-15,20H,8-9H2,1-2H3,(H,26,34)(H,27,33)(H,36,37)/t12-,14+,15-,20+/m0/s1. The summed E-state index contributed by atoms with van der Waals surface area (Å²) >= 11 is 6.97. The van der Waals surface area contributed by atoms with Crippen molar-refractivity contribution in [2.24, 2.45) is 0 Å². The molecule has 0 saturated carbocycles. The number of hydrogen-bond acceptors (Lipinski definition) is 9. The number of aryl methyl sites for hydroxylation is 1. The Labute approximate surface area is 229 Å². The molecular formula is C23H23ClN8O6S. The van der Waals surface area contributed by atoms with Gasteiger partial charge in [0.25, 0.3) is 5.91 Å². The molecule has 39 heavy (non-hydrogen) atoms. The number of halogens is 1. The van der Waals surface area contributed by atoms with Gasteiger partial charge in [0.1, 0.15) is 29.8 Å². The lowest BCUT2D eigenvalue weighted by molar-refractivity contribution is -0.161. The molecule has 204 valence electrons. The first-order valence-electron chi connectivity index (χ1n) is 11.8. The fourth-order valence-corrected chi connectivity index (χ4v) is 6.53. The minimum atomic E-state index is -1.24. The van der Waals surface area contributed by atoms with E-state index < -0.39 is 57.6 Å². The van der Waals surface area contributed by atoms with Gasteiger partial charge in [0.15, 0.2) is 11.3 Å². The second kappa shape index (κ2) is 9.96. The maximum Gasteiger partial charge on any atom is 0.353 e. The molecule has 5 rings (SSSR count). The number of alkyl halides is 1. The van der Waals surface area contributed by atoms with Crippen LogP contribution in [0.3, 0.4) is 0 Å². The van der Waals surface area contributed by atoms with Crippen LogP contribution in [0.2, 0.25) is 0 Å². The van der Waals surface area contributed by atoms with Crippen molar-refractivity contribution in [2.45, 2.75) is 48.6 Å². The lowest BCUT2D eigenvalue weighted by Gasteiger charge is -2.44. The van der Waals surface area contributed by atoms with E-state index in [0.29, 0.717) is 5.56 Å². The molecule has 0 bridgehead atoms. The minimum Gasteiger partial charge on any atom is -0.480 e. The van der Waals surface area contributed by atoms with E-state index in [1.807, 2.05) is 0 Å². The Hall–Kier alpha value is -3.98.